The predicted octanol–water partition coefficient (Wildman–Crippen LogP) is 1.56. The summed E-state index contributed by atoms with van der Waals surface area (Å²) in [7, 11) is 0. The number of oxazole rings is 1. The Morgan fingerprint density at radius 2 is 1.93 bits per heavy atom. The van der Waals surface area contributed by atoms with Crippen LogP contribution >= 0.6 is 0 Å². The highest BCUT2D eigenvalue weighted by molar-refractivity contribution is 5.92. The van der Waals surface area contributed by atoms with Gasteiger partial charge < -0.3 is 19.0 Å². The summed E-state index contributed by atoms with van der Waals surface area (Å²) in [6, 6.07) is 5.55. The summed E-state index contributed by atoms with van der Waals surface area (Å²) in [5.74, 6) is 0.131. The van der Waals surface area contributed by atoms with Gasteiger partial charge >= 0.3 is 0 Å². The van der Waals surface area contributed by atoms with Gasteiger partial charge in [0.25, 0.3) is 11.8 Å². The van der Waals surface area contributed by atoms with Gasteiger partial charge in [0.15, 0.2) is 6.39 Å². The van der Waals surface area contributed by atoms with Crippen molar-refractivity contribution in [3.63, 3.8) is 0 Å². The average Bonchev–Trinajstić information content (AvgIpc) is 3.28. The highest BCUT2D eigenvalue weighted by Crippen LogP contribution is 2.27. The van der Waals surface area contributed by atoms with Crippen LogP contribution in [0.5, 0.6) is 0 Å². The SMILES string of the molecule is O=C(c1cccc([C@@H]2CCCN(C(=O)c3cnco3)C2)n1)N1CCOCC1. The fourth-order valence-electron chi connectivity index (χ4n) is 3.61. The third-order valence-electron chi connectivity index (χ3n) is 5.06. The highest BCUT2D eigenvalue weighted by atomic mass is 16.5. The molecule has 2 saturated heterocycles. The van der Waals surface area contributed by atoms with Gasteiger partial charge in [-0.1, -0.05) is 6.07 Å². The van der Waals surface area contributed by atoms with Crippen molar-refractivity contribution in [2.24, 2.45) is 0 Å². The van der Waals surface area contributed by atoms with Crippen LogP contribution in [-0.2, 0) is 4.74 Å². The molecule has 8 heteroatoms. The minimum absolute atomic E-state index is 0.0643. The van der Waals surface area contributed by atoms with Crippen LogP contribution in [0.1, 0.15) is 45.5 Å². The molecule has 0 saturated carbocycles. The Bertz CT molecular complexity index is 802. The smallest absolute Gasteiger partial charge is 0.291 e. The molecule has 0 aromatic carbocycles. The number of amides is 2. The largest absolute Gasteiger partial charge is 0.438 e. The second kappa shape index (κ2) is 7.87. The first-order chi connectivity index (χ1) is 13.2. The summed E-state index contributed by atoms with van der Waals surface area (Å²) in [6.45, 7) is 3.55. The molecule has 0 bridgehead atoms. The van der Waals surface area contributed by atoms with Crippen LogP contribution in [0.4, 0.5) is 0 Å². The van der Waals surface area contributed by atoms with Crippen molar-refractivity contribution in [3.8, 4) is 0 Å². The molecule has 2 fully saturated rings. The molecule has 0 aliphatic carbocycles. The van der Waals surface area contributed by atoms with E-state index in [1.54, 1.807) is 15.9 Å². The van der Waals surface area contributed by atoms with Gasteiger partial charge in [-0.2, -0.15) is 0 Å². The van der Waals surface area contributed by atoms with Gasteiger partial charge in [0.2, 0.25) is 5.76 Å². The molecule has 2 aromatic rings. The molecule has 0 N–H and O–H groups in total. The first-order valence-corrected chi connectivity index (χ1v) is 9.24. The lowest BCUT2D eigenvalue weighted by Crippen LogP contribution is -2.41. The van der Waals surface area contributed by atoms with Crippen molar-refractivity contribution in [2.75, 3.05) is 39.4 Å². The second-order valence-electron chi connectivity index (χ2n) is 6.81. The lowest BCUT2D eigenvalue weighted by atomic mass is 9.94. The van der Waals surface area contributed by atoms with Crippen LogP contribution in [-0.4, -0.2) is 71.0 Å². The number of carbonyl (C=O) groups is 2. The number of hydrogen-bond acceptors (Lipinski definition) is 6. The fraction of sp³-hybridized carbons (Fsp3) is 0.474. The van der Waals surface area contributed by atoms with Gasteiger partial charge in [-0.25, -0.2) is 9.97 Å². The summed E-state index contributed by atoms with van der Waals surface area (Å²) in [4.78, 5) is 37.2. The minimum atomic E-state index is -0.155. The standard InChI is InChI=1S/C19H22N4O4/c24-18(22-7-9-26-10-8-22)16-5-1-4-15(21-16)14-3-2-6-23(12-14)19(25)17-11-20-13-27-17/h1,4-5,11,13-14H,2-3,6-10,12H2/t14-/m1/s1. The van der Waals surface area contributed by atoms with E-state index in [-0.39, 0.29) is 23.5 Å². The zero-order valence-electron chi connectivity index (χ0n) is 15.0. The van der Waals surface area contributed by atoms with Crippen molar-refractivity contribution in [3.05, 3.63) is 47.9 Å². The minimum Gasteiger partial charge on any atom is -0.438 e. The molecule has 27 heavy (non-hydrogen) atoms. The Kier molecular flexibility index (Phi) is 5.15. The number of nitrogens with zero attached hydrogens (tertiary/aromatic N) is 4. The summed E-state index contributed by atoms with van der Waals surface area (Å²) in [5.41, 5.74) is 1.30. The maximum atomic E-state index is 12.7. The highest BCUT2D eigenvalue weighted by Gasteiger charge is 2.28. The van der Waals surface area contributed by atoms with Crippen LogP contribution in [0.2, 0.25) is 0 Å². The number of aromatic nitrogens is 2. The number of rotatable bonds is 3. The van der Waals surface area contributed by atoms with E-state index in [1.807, 2.05) is 12.1 Å². The molecule has 2 amide bonds. The maximum absolute atomic E-state index is 12.7. The normalized spacial score (nSPS) is 20.5. The summed E-state index contributed by atoms with van der Waals surface area (Å²) >= 11 is 0. The molecule has 4 heterocycles. The summed E-state index contributed by atoms with van der Waals surface area (Å²) < 4.78 is 10.4. The predicted molar refractivity (Wildman–Crippen MR) is 95.3 cm³/mol. The number of pyridine rings is 1. The number of ether oxygens (including phenoxy) is 1. The monoisotopic (exact) mass is 370 g/mol. The quantitative estimate of drug-likeness (QED) is 0.815. The molecule has 8 nitrogen and oxygen atoms in total. The van der Waals surface area contributed by atoms with Crippen LogP contribution in [0.15, 0.2) is 35.2 Å². The lowest BCUT2D eigenvalue weighted by molar-refractivity contribution is 0.0298. The topological polar surface area (TPSA) is 88.8 Å². The lowest BCUT2D eigenvalue weighted by Gasteiger charge is -2.32. The van der Waals surface area contributed by atoms with E-state index in [0.717, 1.165) is 18.5 Å². The van der Waals surface area contributed by atoms with Gasteiger partial charge in [-0.15, -0.1) is 0 Å². The Morgan fingerprint density at radius 3 is 2.70 bits per heavy atom. The van der Waals surface area contributed by atoms with Crippen LogP contribution in [0.25, 0.3) is 0 Å². The molecular formula is C19H22N4O4. The Morgan fingerprint density at radius 1 is 1.07 bits per heavy atom. The van der Waals surface area contributed by atoms with E-state index in [1.165, 1.54) is 12.6 Å². The van der Waals surface area contributed by atoms with Crippen molar-refractivity contribution >= 4 is 11.8 Å². The molecule has 0 spiro atoms. The molecule has 0 unspecified atom stereocenters. The number of likely N-dealkylation sites (tertiary alicyclic amines) is 1. The van der Waals surface area contributed by atoms with Gasteiger partial charge in [0.05, 0.1) is 19.4 Å². The van der Waals surface area contributed by atoms with Crippen molar-refractivity contribution in [2.45, 2.75) is 18.8 Å². The van der Waals surface area contributed by atoms with Gasteiger partial charge in [0, 0.05) is 37.8 Å². The maximum Gasteiger partial charge on any atom is 0.291 e. The number of carbonyl (C=O) groups excluding carboxylic acids is 2. The Hall–Kier alpha value is -2.74. The van der Waals surface area contributed by atoms with E-state index in [2.05, 4.69) is 9.97 Å². The van der Waals surface area contributed by atoms with Crippen molar-refractivity contribution in [1.29, 1.82) is 0 Å². The zero-order chi connectivity index (χ0) is 18.6. The third kappa shape index (κ3) is 3.85. The molecule has 142 valence electrons. The first-order valence-electron chi connectivity index (χ1n) is 9.24. The number of piperidine rings is 1. The number of morpholine rings is 1. The van der Waals surface area contributed by atoms with E-state index >= 15 is 0 Å². The Labute approximate surface area is 157 Å². The molecule has 2 aliphatic rings. The summed E-state index contributed by atoms with van der Waals surface area (Å²) in [5, 5.41) is 0. The number of hydrogen-bond donors (Lipinski definition) is 0. The molecule has 2 aromatic heterocycles. The van der Waals surface area contributed by atoms with Crippen molar-refractivity contribution < 1.29 is 18.7 Å². The van der Waals surface area contributed by atoms with E-state index < -0.39 is 0 Å². The zero-order valence-corrected chi connectivity index (χ0v) is 15.0. The Balaban J connectivity index is 1.48. The van der Waals surface area contributed by atoms with Crippen LogP contribution in [0.3, 0.4) is 0 Å². The van der Waals surface area contributed by atoms with Gasteiger partial charge in [-0.05, 0) is 25.0 Å². The van der Waals surface area contributed by atoms with E-state index in [4.69, 9.17) is 9.15 Å². The molecule has 2 aliphatic heterocycles. The third-order valence-corrected chi connectivity index (χ3v) is 5.06. The average molecular weight is 370 g/mol. The van der Waals surface area contributed by atoms with E-state index in [0.29, 0.717) is 45.1 Å². The fourth-order valence-corrected chi connectivity index (χ4v) is 3.61. The molecule has 1 atom stereocenters. The molecule has 4 rings (SSSR count). The van der Waals surface area contributed by atoms with E-state index in [9.17, 15) is 9.59 Å². The molecule has 0 radical (unpaired) electrons. The van der Waals surface area contributed by atoms with Gasteiger partial charge in [0.1, 0.15) is 5.69 Å². The summed E-state index contributed by atoms with van der Waals surface area (Å²) in [6.07, 6.45) is 4.51. The van der Waals surface area contributed by atoms with Gasteiger partial charge in [-0.3, -0.25) is 9.59 Å². The van der Waals surface area contributed by atoms with Crippen LogP contribution < -0.4 is 0 Å². The van der Waals surface area contributed by atoms with Crippen LogP contribution in [0, 0.1) is 0 Å². The molecular weight excluding hydrogens is 348 g/mol. The van der Waals surface area contributed by atoms with Crippen molar-refractivity contribution in [1.82, 2.24) is 19.8 Å². The second-order valence-corrected chi connectivity index (χ2v) is 6.81. The first kappa shape index (κ1) is 17.7.